The Kier molecular flexibility index (Phi) is 6.92. The minimum absolute atomic E-state index is 0.143. The van der Waals surface area contributed by atoms with E-state index in [2.05, 4.69) is 5.32 Å². The van der Waals surface area contributed by atoms with Crippen molar-refractivity contribution < 1.29 is 27.3 Å². The number of nitro benzene ring substituents is 1. The molecule has 0 saturated heterocycles. The number of carbonyl (C=O) groups excluding carboxylic acids is 1. The maximum atomic E-state index is 14.6. The number of benzene rings is 3. The monoisotopic (exact) mass is 473 g/mol. The summed E-state index contributed by atoms with van der Waals surface area (Å²) >= 11 is 0. The molecule has 1 amide bonds. The van der Waals surface area contributed by atoms with E-state index in [1.807, 2.05) is 0 Å². The number of hydrogen-bond acceptors (Lipinski definition) is 6. The minimum atomic E-state index is -4.35. The Hall–Kier alpha value is -3.99. The molecule has 33 heavy (non-hydrogen) atoms. The predicted octanol–water partition coefficient (Wildman–Crippen LogP) is 3.88. The first kappa shape index (κ1) is 23.7. The van der Waals surface area contributed by atoms with Crippen molar-refractivity contribution >= 4 is 33.0 Å². The Labute approximate surface area is 189 Å². The number of hydrogen-bond donors (Lipinski definition) is 1. The molecule has 0 aliphatic carbocycles. The fourth-order valence-corrected chi connectivity index (χ4v) is 4.53. The van der Waals surface area contributed by atoms with Gasteiger partial charge in [-0.2, -0.15) is 0 Å². The van der Waals surface area contributed by atoms with Gasteiger partial charge in [-0.15, -0.1) is 0 Å². The van der Waals surface area contributed by atoms with Crippen molar-refractivity contribution in [1.29, 1.82) is 0 Å². The van der Waals surface area contributed by atoms with E-state index in [4.69, 9.17) is 4.74 Å². The summed E-state index contributed by atoms with van der Waals surface area (Å²) in [6.45, 7) is 0.688. The number of methoxy groups -OCH3 is 1. The van der Waals surface area contributed by atoms with Crippen LogP contribution in [0.1, 0.15) is 5.56 Å². The van der Waals surface area contributed by atoms with Crippen molar-refractivity contribution in [1.82, 2.24) is 0 Å². The second-order valence-corrected chi connectivity index (χ2v) is 8.76. The summed E-state index contributed by atoms with van der Waals surface area (Å²) < 4.78 is 46.9. The Balaban J connectivity index is 1.97. The number of para-hydroxylation sites is 1. The lowest BCUT2D eigenvalue weighted by atomic mass is 10.1. The molecule has 0 aromatic heterocycles. The summed E-state index contributed by atoms with van der Waals surface area (Å²) in [4.78, 5) is 23.2. The van der Waals surface area contributed by atoms with Crippen LogP contribution in [0, 0.1) is 22.9 Å². The number of sulfonamides is 1. The number of ether oxygens (including phenoxy) is 1. The van der Waals surface area contributed by atoms with Crippen molar-refractivity contribution in [2.45, 2.75) is 11.8 Å². The van der Waals surface area contributed by atoms with Crippen LogP contribution in [0.15, 0.2) is 71.6 Å². The SMILES string of the molecule is COc1ccc(S(=O)(=O)N(CC(=O)Nc2cccc([N+](=O)[O-])c2C)c2ccccc2F)cc1. The maximum Gasteiger partial charge on any atom is 0.274 e. The second-order valence-electron chi connectivity index (χ2n) is 6.89. The summed E-state index contributed by atoms with van der Waals surface area (Å²) in [6.07, 6.45) is 0. The van der Waals surface area contributed by atoms with Crippen molar-refractivity contribution in [2.75, 3.05) is 23.3 Å². The number of rotatable bonds is 8. The van der Waals surface area contributed by atoms with Crippen LogP contribution >= 0.6 is 0 Å². The quantitative estimate of drug-likeness (QED) is 0.392. The maximum absolute atomic E-state index is 14.6. The fourth-order valence-electron chi connectivity index (χ4n) is 3.11. The molecule has 0 saturated carbocycles. The Morgan fingerprint density at radius 2 is 1.76 bits per heavy atom. The first-order valence-corrected chi connectivity index (χ1v) is 11.0. The molecule has 9 nitrogen and oxygen atoms in total. The van der Waals surface area contributed by atoms with E-state index in [1.54, 1.807) is 0 Å². The normalized spacial score (nSPS) is 11.0. The van der Waals surface area contributed by atoms with Gasteiger partial charge in [0.2, 0.25) is 5.91 Å². The summed E-state index contributed by atoms with van der Waals surface area (Å²) in [6, 6.07) is 14.7. The van der Waals surface area contributed by atoms with E-state index < -0.39 is 33.2 Å². The van der Waals surface area contributed by atoms with Gasteiger partial charge in [-0.3, -0.25) is 19.2 Å². The fraction of sp³-hybridized carbons (Fsp3) is 0.136. The third-order valence-electron chi connectivity index (χ3n) is 4.83. The van der Waals surface area contributed by atoms with Gasteiger partial charge in [-0.25, -0.2) is 12.8 Å². The van der Waals surface area contributed by atoms with E-state index in [-0.39, 0.29) is 27.5 Å². The van der Waals surface area contributed by atoms with Crippen LogP contribution in [-0.4, -0.2) is 32.9 Å². The molecule has 11 heteroatoms. The molecule has 0 bridgehead atoms. The smallest absolute Gasteiger partial charge is 0.274 e. The topological polar surface area (TPSA) is 119 Å². The van der Waals surface area contributed by atoms with E-state index in [1.165, 1.54) is 74.7 Å². The minimum Gasteiger partial charge on any atom is -0.497 e. The first-order chi connectivity index (χ1) is 15.6. The zero-order valence-corrected chi connectivity index (χ0v) is 18.5. The van der Waals surface area contributed by atoms with Crippen LogP contribution in [0.5, 0.6) is 5.75 Å². The van der Waals surface area contributed by atoms with Crippen LogP contribution in [-0.2, 0) is 14.8 Å². The molecule has 3 aromatic rings. The Morgan fingerprint density at radius 1 is 1.09 bits per heavy atom. The summed E-state index contributed by atoms with van der Waals surface area (Å²) in [5, 5.41) is 13.6. The molecule has 0 fully saturated rings. The molecule has 0 spiro atoms. The largest absolute Gasteiger partial charge is 0.497 e. The van der Waals surface area contributed by atoms with Gasteiger partial charge in [-0.05, 0) is 49.4 Å². The highest BCUT2D eigenvalue weighted by atomic mass is 32.2. The zero-order chi connectivity index (χ0) is 24.2. The first-order valence-electron chi connectivity index (χ1n) is 9.60. The number of anilines is 2. The molecule has 3 rings (SSSR count). The molecule has 0 unspecified atom stereocenters. The third-order valence-corrected chi connectivity index (χ3v) is 6.61. The molecule has 0 radical (unpaired) electrons. The molecule has 0 aliphatic rings. The lowest BCUT2D eigenvalue weighted by molar-refractivity contribution is -0.385. The van der Waals surface area contributed by atoms with Gasteiger partial charge in [0.15, 0.2) is 0 Å². The van der Waals surface area contributed by atoms with Crippen molar-refractivity contribution in [3.63, 3.8) is 0 Å². The van der Waals surface area contributed by atoms with Crippen LogP contribution in [0.25, 0.3) is 0 Å². The second kappa shape index (κ2) is 9.65. The van der Waals surface area contributed by atoms with Gasteiger partial charge in [0.25, 0.3) is 15.7 Å². The molecular weight excluding hydrogens is 453 g/mol. The Bertz CT molecular complexity index is 1300. The van der Waals surface area contributed by atoms with Crippen LogP contribution in [0.3, 0.4) is 0 Å². The number of nitrogens with zero attached hydrogens (tertiary/aromatic N) is 2. The van der Waals surface area contributed by atoms with Crippen LogP contribution in [0.4, 0.5) is 21.5 Å². The van der Waals surface area contributed by atoms with Crippen molar-refractivity contribution in [3.05, 3.63) is 88.2 Å². The molecule has 1 N–H and O–H groups in total. The molecule has 172 valence electrons. The van der Waals surface area contributed by atoms with E-state index in [9.17, 15) is 27.7 Å². The van der Waals surface area contributed by atoms with E-state index in [0.717, 1.165) is 6.07 Å². The van der Waals surface area contributed by atoms with Gasteiger partial charge in [0, 0.05) is 6.07 Å². The number of carbonyl (C=O) groups is 1. The predicted molar refractivity (Wildman–Crippen MR) is 120 cm³/mol. The van der Waals surface area contributed by atoms with Gasteiger partial charge in [-0.1, -0.05) is 18.2 Å². The van der Waals surface area contributed by atoms with E-state index in [0.29, 0.717) is 10.1 Å². The zero-order valence-electron chi connectivity index (χ0n) is 17.7. The summed E-state index contributed by atoms with van der Waals surface area (Å²) in [5.41, 5.74) is -0.181. The molecular formula is C22H20FN3O6S. The lowest BCUT2D eigenvalue weighted by Crippen LogP contribution is -2.38. The molecule has 0 atom stereocenters. The number of halogens is 1. The average Bonchev–Trinajstić information content (AvgIpc) is 2.79. The summed E-state index contributed by atoms with van der Waals surface area (Å²) in [5.74, 6) is -1.22. The van der Waals surface area contributed by atoms with Gasteiger partial charge in [0.1, 0.15) is 18.1 Å². The van der Waals surface area contributed by atoms with Crippen LogP contribution in [0.2, 0.25) is 0 Å². The van der Waals surface area contributed by atoms with Crippen LogP contribution < -0.4 is 14.4 Å². The van der Waals surface area contributed by atoms with Gasteiger partial charge in [0.05, 0.1) is 33.9 Å². The Morgan fingerprint density at radius 3 is 2.36 bits per heavy atom. The molecule has 0 heterocycles. The van der Waals surface area contributed by atoms with Crippen molar-refractivity contribution in [3.8, 4) is 5.75 Å². The number of amides is 1. The van der Waals surface area contributed by atoms with E-state index >= 15 is 0 Å². The molecule has 0 aliphatic heterocycles. The molecule has 3 aromatic carbocycles. The highest BCUT2D eigenvalue weighted by Gasteiger charge is 2.29. The number of nitro groups is 1. The third kappa shape index (κ3) is 5.09. The van der Waals surface area contributed by atoms with Gasteiger partial charge >= 0.3 is 0 Å². The highest BCUT2D eigenvalue weighted by Crippen LogP contribution is 2.28. The lowest BCUT2D eigenvalue weighted by Gasteiger charge is -2.24. The average molecular weight is 473 g/mol. The van der Waals surface area contributed by atoms with Crippen molar-refractivity contribution in [2.24, 2.45) is 0 Å². The number of nitrogens with one attached hydrogen (secondary N) is 1. The summed E-state index contributed by atoms with van der Waals surface area (Å²) in [7, 11) is -2.93. The highest BCUT2D eigenvalue weighted by molar-refractivity contribution is 7.92. The standard InChI is InChI=1S/C22H20FN3O6S/c1-15-19(7-5-9-20(15)26(28)29)24-22(27)14-25(21-8-4-3-6-18(21)23)33(30,31)17-12-10-16(32-2)11-13-17/h3-13H,14H2,1-2H3,(H,24,27). The van der Waals surface area contributed by atoms with Gasteiger partial charge < -0.3 is 10.1 Å².